The van der Waals surface area contributed by atoms with Gasteiger partial charge in [0.2, 0.25) is 5.91 Å². The zero-order valence-electron chi connectivity index (χ0n) is 12.6. The second-order valence-electron chi connectivity index (χ2n) is 5.31. The van der Waals surface area contributed by atoms with Crippen LogP contribution >= 0.6 is 0 Å². The molecule has 2 rings (SSSR count). The van der Waals surface area contributed by atoms with Crippen LogP contribution in [0.15, 0.2) is 24.3 Å². The lowest BCUT2D eigenvalue weighted by molar-refractivity contribution is -0.123. The zero-order valence-corrected chi connectivity index (χ0v) is 12.6. The second-order valence-corrected chi connectivity index (χ2v) is 5.31. The number of ether oxygens (including phenoxy) is 1. The van der Waals surface area contributed by atoms with Crippen molar-refractivity contribution in [3.63, 3.8) is 0 Å². The lowest BCUT2D eigenvalue weighted by Gasteiger charge is -2.17. The van der Waals surface area contributed by atoms with Gasteiger partial charge in [-0.15, -0.1) is 0 Å². The molecule has 21 heavy (non-hydrogen) atoms. The number of carbonyl (C=O) groups is 2. The molecule has 1 heterocycles. The Morgan fingerprint density at radius 3 is 2.95 bits per heavy atom. The van der Waals surface area contributed by atoms with Gasteiger partial charge in [0.25, 0.3) is 5.91 Å². The topological polar surface area (TPSA) is 58.6 Å². The van der Waals surface area contributed by atoms with E-state index < -0.39 is 0 Å². The highest BCUT2D eigenvalue weighted by atomic mass is 16.5. The summed E-state index contributed by atoms with van der Waals surface area (Å²) >= 11 is 0. The van der Waals surface area contributed by atoms with Crippen LogP contribution in [0.1, 0.15) is 33.1 Å². The van der Waals surface area contributed by atoms with Gasteiger partial charge in [0.1, 0.15) is 5.75 Å². The molecule has 0 unspecified atom stereocenters. The molecular formula is C16H22N2O3. The number of rotatable bonds is 6. The minimum atomic E-state index is -0.132. The minimum Gasteiger partial charge on any atom is -0.484 e. The molecule has 5 heteroatoms. The Bertz CT molecular complexity index is 516. The van der Waals surface area contributed by atoms with Crippen LogP contribution in [0.2, 0.25) is 0 Å². The third-order valence-electron chi connectivity index (χ3n) is 3.59. The molecule has 1 aromatic rings. The first-order valence-electron chi connectivity index (χ1n) is 7.42. The Hall–Kier alpha value is -2.04. The third kappa shape index (κ3) is 4.21. The van der Waals surface area contributed by atoms with E-state index in [2.05, 4.69) is 5.32 Å². The predicted octanol–water partition coefficient (Wildman–Crippen LogP) is 2.11. The summed E-state index contributed by atoms with van der Waals surface area (Å²) in [5.41, 5.74) is 0.831. The molecule has 0 aliphatic carbocycles. The summed E-state index contributed by atoms with van der Waals surface area (Å²) in [7, 11) is 0. The monoisotopic (exact) mass is 290 g/mol. The summed E-state index contributed by atoms with van der Waals surface area (Å²) in [5.74, 6) is 0.611. The summed E-state index contributed by atoms with van der Waals surface area (Å²) in [5, 5.41) is 2.85. The van der Waals surface area contributed by atoms with E-state index in [0.29, 0.717) is 12.2 Å². The number of carbonyl (C=O) groups excluding carboxylic acids is 2. The van der Waals surface area contributed by atoms with Crippen LogP contribution in [0.25, 0.3) is 0 Å². The molecule has 0 aromatic heterocycles. The molecule has 1 saturated heterocycles. The van der Waals surface area contributed by atoms with Gasteiger partial charge < -0.3 is 15.0 Å². The second kappa shape index (κ2) is 7.11. The first-order valence-corrected chi connectivity index (χ1v) is 7.42. The van der Waals surface area contributed by atoms with Crippen molar-refractivity contribution in [3.8, 4) is 5.75 Å². The average molecular weight is 290 g/mol. The maximum Gasteiger partial charge on any atom is 0.258 e. The van der Waals surface area contributed by atoms with Gasteiger partial charge >= 0.3 is 0 Å². The van der Waals surface area contributed by atoms with Crippen molar-refractivity contribution in [2.24, 2.45) is 0 Å². The Morgan fingerprint density at radius 2 is 2.29 bits per heavy atom. The highest BCUT2D eigenvalue weighted by Crippen LogP contribution is 2.25. The van der Waals surface area contributed by atoms with Gasteiger partial charge in [0.15, 0.2) is 6.61 Å². The first kappa shape index (κ1) is 15.4. The molecule has 1 aliphatic rings. The van der Waals surface area contributed by atoms with Crippen LogP contribution in [-0.4, -0.2) is 31.0 Å². The molecule has 1 aromatic carbocycles. The normalized spacial score (nSPS) is 15.9. The smallest absolute Gasteiger partial charge is 0.258 e. The van der Waals surface area contributed by atoms with Crippen molar-refractivity contribution in [2.75, 3.05) is 18.1 Å². The van der Waals surface area contributed by atoms with Gasteiger partial charge in [-0.25, -0.2) is 0 Å². The van der Waals surface area contributed by atoms with E-state index >= 15 is 0 Å². The minimum absolute atomic E-state index is 0.0122. The molecule has 5 nitrogen and oxygen atoms in total. The number of anilines is 1. The van der Waals surface area contributed by atoms with E-state index in [0.717, 1.165) is 25.1 Å². The number of amides is 2. The van der Waals surface area contributed by atoms with Crippen molar-refractivity contribution in [1.82, 2.24) is 5.32 Å². The molecule has 1 N–H and O–H groups in total. The fourth-order valence-electron chi connectivity index (χ4n) is 2.23. The van der Waals surface area contributed by atoms with Gasteiger partial charge in [-0.1, -0.05) is 13.0 Å². The quantitative estimate of drug-likeness (QED) is 0.873. The first-order chi connectivity index (χ1) is 10.1. The molecule has 0 bridgehead atoms. The molecule has 114 valence electrons. The van der Waals surface area contributed by atoms with Crippen LogP contribution in [0, 0.1) is 0 Å². The molecule has 1 fully saturated rings. The number of benzene rings is 1. The molecule has 0 spiro atoms. The highest BCUT2D eigenvalue weighted by Gasteiger charge is 2.21. The van der Waals surface area contributed by atoms with Crippen LogP contribution < -0.4 is 15.0 Å². The maximum absolute atomic E-state index is 11.7. The highest BCUT2D eigenvalue weighted by molar-refractivity contribution is 5.95. The van der Waals surface area contributed by atoms with Gasteiger partial charge in [-0.05, 0) is 31.9 Å². The zero-order chi connectivity index (χ0) is 15.2. The molecule has 0 radical (unpaired) electrons. The molecule has 1 atom stereocenters. The van der Waals surface area contributed by atoms with E-state index in [1.165, 1.54) is 0 Å². The Labute approximate surface area is 125 Å². The summed E-state index contributed by atoms with van der Waals surface area (Å²) in [4.78, 5) is 25.2. The van der Waals surface area contributed by atoms with Crippen molar-refractivity contribution < 1.29 is 14.3 Å². The number of hydrogen-bond donors (Lipinski definition) is 1. The van der Waals surface area contributed by atoms with Crippen molar-refractivity contribution in [3.05, 3.63) is 24.3 Å². The van der Waals surface area contributed by atoms with Gasteiger partial charge in [-0.2, -0.15) is 0 Å². The Morgan fingerprint density at radius 1 is 1.48 bits per heavy atom. The van der Waals surface area contributed by atoms with Crippen LogP contribution in [0.3, 0.4) is 0 Å². The summed E-state index contributed by atoms with van der Waals surface area (Å²) < 4.78 is 5.50. The standard InChI is InChI=1S/C16H22N2O3/c1-3-12(2)17-15(19)11-21-14-7-4-6-13(10-14)18-9-5-8-16(18)20/h4,6-7,10,12H,3,5,8-9,11H2,1-2H3,(H,17,19)/t12-/m1/s1. The van der Waals surface area contributed by atoms with Crippen molar-refractivity contribution in [1.29, 1.82) is 0 Å². The number of hydrogen-bond acceptors (Lipinski definition) is 3. The van der Waals surface area contributed by atoms with Gasteiger partial charge in [-0.3, -0.25) is 9.59 Å². The summed E-state index contributed by atoms with van der Waals surface area (Å²) in [6, 6.07) is 7.47. The van der Waals surface area contributed by atoms with E-state index in [9.17, 15) is 9.59 Å². The van der Waals surface area contributed by atoms with E-state index in [1.54, 1.807) is 17.0 Å². The lowest BCUT2D eigenvalue weighted by atomic mass is 10.2. The van der Waals surface area contributed by atoms with E-state index in [1.807, 2.05) is 26.0 Å². The van der Waals surface area contributed by atoms with Crippen molar-refractivity contribution >= 4 is 17.5 Å². The van der Waals surface area contributed by atoms with Gasteiger partial charge in [0.05, 0.1) is 0 Å². The van der Waals surface area contributed by atoms with E-state index in [-0.39, 0.29) is 24.5 Å². The van der Waals surface area contributed by atoms with E-state index in [4.69, 9.17) is 4.74 Å². The van der Waals surface area contributed by atoms with Crippen LogP contribution in [-0.2, 0) is 9.59 Å². The Kier molecular flexibility index (Phi) is 5.20. The number of nitrogens with one attached hydrogen (secondary N) is 1. The van der Waals surface area contributed by atoms with Gasteiger partial charge in [0, 0.05) is 30.8 Å². The SMILES string of the molecule is CC[C@@H](C)NC(=O)COc1cccc(N2CCCC2=O)c1. The Balaban J connectivity index is 1.92. The maximum atomic E-state index is 11.7. The predicted molar refractivity (Wildman–Crippen MR) is 81.4 cm³/mol. The third-order valence-corrected chi connectivity index (χ3v) is 3.59. The summed E-state index contributed by atoms with van der Waals surface area (Å²) in [6.07, 6.45) is 2.38. The van der Waals surface area contributed by atoms with Crippen molar-refractivity contribution in [2.45, 2.75) is 39.2 Å². The summed E-state index contributed by atoms with van der Waals surface area (Å²) in [6.45, 7) is 4.71. The fourth-order valence-corrected chi connectivity index (χ4v) is 2.23. The number of nitrogens with zero attached hydrogens (tertiary/aromatic N) is 1. The molecule has 0 saturated carbocycles. The fraction of sp³-hybridized carbons (Fsp3) is 0.500. The average Bonchev–Trinajstić information content (AvgIpc) is 2.91. The molecular weight excluding hydrogens is 268 g/mol. The van der Waals surface area contributed by atoms with Crippen LogP contribution in [0.5, 0.6) is 5.75 Å². The van der Waals surface area contributed by atoms with Crippen LogP contribution in [0.4, 0.5) is 5.69 Å². The molecule has 2 amide bonds. The lowest BCUT2D eigenvalue weighted by Crippen LogP contribution is -2.35. The largest absolute Gasteiger partial charge is 0.484 e. The molecule has 1 aliphatic heterocycles.